The molecule has 52 heavy (non-hydrogen) atoms. The number of halogens is 3. The molecule has 3 heterocycles. The Balaban J connectivity index is 1.03. The summed E-state index contributed by atoms with van der Waals surface area (Å²) in [7, 11) is -5.76. The molecule has 2 unspecified atom stereocenters. The highest BCUT2D eigenvalue weighted by Crippen LogP contribution is 2.89. The molecule has 8 aliphatic rings. The fourth-order valence-corrected chi connectivity index (χ4v) is 15.3. The summed E-state index contributed by atoms with van der Waals surface area (Å²) in [5.74, 6) is 0.603. The van der Waals surface area contributed by atoms with Crippen LogP contribution in [0, 0.1) is 50.7 Å². The number of nitrogens with zero attached hydrogens (tertiary/aromatic N) is 1. The predicted octanol–water partition coefficient (Wildman–Crippen LogP) is 4.82. The number of alkyl halides is 3. The van der Waals surface area contributed by atoms with E-state index in [1.54, 1.807) is 4.72 Å². The number of fused-ring (bicyclic) bond motifs is 4. The molecule has 298 valence electrons. The number of aliphatic hydroxyl groups is 2. The van der Waals surface area contributed by atoms with Crippen LogP contribution in [0.15, 0.2) is 0 Å². The molecule has 0 aromatic carbocycles. The van der Waals surface area contributed by atoms with Crippen LogP contribution in [0.3, 0.4) is 0 Å². The van der Waals surface area contributed by atoms with Crippen LogP contribution in [0.2, 0.25) is 0 Å². The molecule has 3 saturated heterocycles. The number of hydrogen-bond donors (Lipinski definition) is 3. The molecule has 8 rings (SSSR count). The van der Waals surface area contributed by atoms with Crippen molar-refractivity contribution in [3.05, 3.63) is 0 Å². The monoisotopic (exact) mass is 762 g/mol. The van der Waals surface area contributed by atoms with Gasteiger partial charge < -0.3 is 29.2 Å². The minimum Gasteiger partial charge on any atom is -0.390 e. The second-order valence-corrected chi connectivity index (χ2v) is 21.6. The molecular weight excluding hydrogens is 701 g/mol. The third-order valence-corrected chi connectivity index (χ3v) is 18.2. The minimum atomic E-state index is -5.76. The molecule has 3 N–H and O–H groups in total. The van der Waals surface area contributed by atoms with Crippen molar-refractivity contribution in [2.45, 2.75) is 154 Å². The van der Waals surface area contributed by atoms with E-state index in [-0.39, 0.29) is 58.2 Å². The fraction of sp³-hybridized carbons (Fsp3) is 1.00. The smallest absolute Gasteiger partial charge is 0.390 e. The molecule has 0 amide bonds. The first kappa shape index (κ1) is 38.3. The molecule has 2 spiro atoms. The second-order valence-electron chi connectivity index (χ2n) is 19.9. The first-order valence-corrected chi connectivity index (χ1v) is 21.3. The topological polar surface area (TPSA) is 127 Å². The van der Waals surface area contributed by atoms with E-state index in [0.717, 1.165) is 71.2 Å². The van der Waals surface area contributed by atoms with Crippen LogP contribution >= 0.6 is 0 Å². The Morgan fingerprint density at radius 1 is 1.00 bits per heavy atom. The molecule has 5 saturated carbocycles. The van der Waals surface area contributed by atoms with Crippen molar-refractivity contribution in [2.24, 2.45) is 50.7 Å². The van der Waals surface area contributed by atoms with Gasteiger partial charge in [-0.1, -0.05) is 34.6 Å². The normalized spacial score (nSPS) is 49.8. The Morgan fingerprint density at radius 2 is 1.67 bits per heavy atom. The van der Waals surface area contributed by atoms with Crippen molar-refractivity contribution in [2.75, 3.05) is 32.9 Å². The molecule has 0 aromatic rings. The average Bonchev–Trinajstić information content (AvgIpc) is 3.64. The van der Waals surface area contributed by atoms with Gasteiger partial charge in [-0.15, -0.1) is 0 Å². The van der Waals surface area contributed by atoms with Gasteiger partial charge in [-0.2, -0.15) is 17.9 Å². The van der Waals surface area contributed by atoms with Gasteiger partial charge in [0.25, 0.3) is 0 Å². The van der Waals surface area contributed by atoms with E-state index in [4.69, 9.17) is 18.9 Å². The Kier molecular flexibility index (Phi) is 8.82. The standard InChI is InChI=1S/C38H61F3N2O8S/c1-21-16-23(30(33(4,5)45)42-52(46,47)38(39,40)41)50-29-28(21)34(6)12-13-37-20-36(37)11-10-26(51-27-17-43(14-15-49-27)22-18-48-19-22)32(2,3)24(36)8-9-25(37)35(34,7)31(29)44/h21-31,42,44-45H,8-20H2,1-7H3/t21-,23-,24+,25+,26+,27+,28+,29?,30+,31+,34-,35-,36-,37?/m1/s1. The lowest BCUT2D eigenvalue weighted by molar-refractivity contribution is -0.256. The molecule has 5 aliphatic carbocycles. The Hall–Kier alpha value is -0.580. The lowest BCUT2D eigenvalue weighted by atomic mass is 9.41. The maximum absolute atomic E-state index is 13.5. The van der Waals surface area contributed by atoms with E-state index >= 15 is 0 Å². The van der Waals surface area contributed by atoms with E-state index in [2.05, 4.69) is 39.5 Å². The Bertz CT molecular complexity index is 1520. The van der Waals surface area contributed by atoms with E-state index in [1.165, 1.54) is 13.8 Å². The summed E-state index contributed by atoms with van der Waals surface area (Å²) < 4.78 is 91.9. The molecule has 0 bridgehead atoms. The Morgan fingerprint density at radius 3 is 2.31 bits per heavy atom. The highest BCUT2D eigenvalue weighted by Gasteiger charge is 2.84. The summed E-state index contributed by atoms with van der Waals surface area (Å²) in [4.78, 5) is 2.44. The predicted molar refractivity (Wildman–Crippen MR) is 185 cm³/mol. The highest BCUT2D eigenvalue weighted by atomic mass is 32.2. The molecule has 8 fully saturated rings. The molecule has 0 radical (unpaired) electrons. The summed E-state index contributed by atoms with van der Waals surface area (Å²) in [6.07, 6.45) is 4.74. The third kappa shape index (κ3) is 5.19. The summed E-state index contributed by atoms with van der Waals surface area (Å²) >= 11 is 0. The van der Waals surface area contributed by atoms with E-state index in [1.807, 2.05) is 0 Å². The third-order valence-electron chi connectivity index (χ3n) is 17.0. The summed E-state index contributed by atoms with van der Waals surface area (Å²) in [6, 6.07) is -1.10. The fourth-order valence-electron chi connectivity index (χ4n) is 14.3. The molecule has 10 nitrogen and oxygen atoms in total. The zero-order chi connectivity index (χ0) is 37.7. The van der Waals surface area contributed by atoms with Crippen LogP contribution in [-0.2, 0) is 29.0 Å². The van der Waals surface area contributed by atoms with Gasteiger partial charge in [0.1, 0.15) is 0 Å². The minimum absolute atomic E-state index is 0.0530. The molecule has 3 aliphatic heterocycles. The van der Waals surface area contributed by atoms with Gasteiger partial charge in [0.05, 0.1) is 68.5 Å². The molecular formula is C38H61F3N2O8S. The van der Waals surface area contributed by atoms with Crippen LogP contribution in [0.1, 0.15) is 99.8 Å². The lowest BCUT2D eigenvalue weighted by Crippen LogP contribution is -2.61. The SMILES string of the molecule is C[C@@H]1C[C@H]([C@H](NS(=O)(=O)C(F)(F)F)C(C)(C)O)OC2[C@H]1[C@@]1(C)CCC34C[C@@]35CC[C@H](O[C@H]3CN(C6COC6)CCO3)C(C)(C)[C@@H]5CC[C@H]4[C@]1(C)[C@H]2O. The van der Waals surface area contributed by atoms with Crippen LogP contribution in [-0.4, -0.2) is 110 Å². The van der Waals surface area contributed by atoms with Crippen LogP contribution in [0.4, 0.5) is 13.2 Å². The number of nitrogens with one attached hydrogen (secondary N) is 1. The van der Waals surface area contributed by atoms with Crippen LogP contribution in [0.25, 0.3) is 0 Å². The van der Waals surface area contributed by atoms with Crippen LogP contribution < -0.4 is 4.72 Å². The zero-order valence-electron chi connectivity index (χ0n) is 31.9. The lowest BCUT2D eigenvalue weighted by Gasteiger charge is -2.64. The largest absolute Gasteiger partial charge is 0.511 e. The van der Waals surface area contributed by atoms with Gasteiger partial charge in [-0.3, -0.25) is 4.90 Å². The zero-order valence-corrected chi connectivity index (χ0v) is 32.7. The highest BCUT2D eigenvalue weighted by molar-refractivity contribution is 7.90. The number of aliphatic hydroxyl groups excluding tert-OH is 1. The average molecular weight is 763 g/mol. The van der Waals surface area contributed by atoms with Crippen molar-refractivity contribution in [3.63, 3.8) is 0 Å². The van der Waals surface area contributed by atoms with E-state index < -0.39 is 50.9 Å². The van der Waals surface area contributed by atoms with Gasteiger partial charge in [0.2, 0.25) is 0 Å². The quantitative estimate of drug-likeness (QED) is 0.335. The summed E-state index contributed by atoms with van der Waals surface area (Å²) in [5, 5.41) is 23.6. The molecule has 14 heteroatoms. The van der Waals surface area contributed by atoms with Crippen molar-refractivity contribution in [1.82, 2.24) is 9.62 Å². The first-order chi connectivity index (χ1) is 24.0. The Labute approximate surface area is 307 Å². The van der Waals surface area contributed by atoms with Gasteiger partial charge in [-0.25, -0.2) is 8.42 Å². The number of morpholine rings is 1. The van der Waals surface area contributed by atoms with Crippen molar-refractivity contribution >= 4 is 10.0 Å². The number of ether oxygens (including phenoxy) is 4. The summed E-state index contributed by atoms with van der Waals surface area (Å²) in [6.45, 7) is 17.9. The van der Waals surface area contributed by atoms with E-state index in [9.17, 15) is 31.8 Å². The van der Waals surface area contributed by atoms with Gasteiger partial charge >= 0.3 is 15.5 Å². The number of sulfonamides is 1. The maximum Gasteiger partial charge on any atom is 0.511 e. The molecule has 0 aromatic heterocycles. The molecule has 14 atom stereocenters. The van der Waals surface area contributed by atoms with E-state index in [0.29, 0.717) is 18.6 Å². The second kappa shape index (κ2) is 12.0. The van der Waals surface area contributed by atoms with Crippen molar-refractivity contribution in [1.29, 1.82) is 0 Å². The van der Waals surface area contributed by atoms with Gasteiger partial charge in [0, 0.05) is 12.0 Å². The first-order valence-electron chi connectivity index (χ1n) is 19.8. The van der Waals surface area contributed by atoms with Crippen molar-refractivity contribution < 1.29 is 50.7 Å². The van der Waals surface area contributed by atoms with Crippen molar-refractivity contribution in [3.8, 4) is 0 Å². The summed E-state index contributed by atoms with van der Waals surface area (Å²) in [5.41, 5.74) is -7.95. The van der Waals surface area contributed by atoms with Crippen LogP contribution in [0.5, 0.6) is 0 Å². The van der Waals surface area contributed by atoms with Gasteiger partial charge in [-0.05, 0) is 111 Å². The van der Waals surface area contributed by atoms with Gasteiger partial charge in [0.15, 0.2) is 6.29 Å². The maximum atomic E-state index is 13.5. The number of hydrogen-bond acceptors (Lipinski definition) is 9. The number of rotatable bonds is 7.